The summed E-state index contributed by atoms with van der Waals surface area (Å²) in [7, 11) is 0. The second-order valence-corrected chi connectivity index (χ2v) is 9.18. The zero-order valence-corrected chi connectivity index (χ0v) is 16.9. The molecule has 7 nitrogen and oxygen atoms in total. The summed E-state index contributed by atoms with van der Waals surface area (Å²) >= 11 is 0. The van der Waals surface area contributed by atoms with Gasteiger partial charge in [-0.3, -0.25) is 4.90 Å². The molecule has 0 aromatic carbocycles. The number of rotatable bonds is 4. The lowest BCUT2D eigenvalue weighted by Gasteiger charge is -2.61. The van der Waals surface area contributed by atoms with Crippen molar-refractivity contribution in [1.82, 2.24) is 19.7 Å². The summed E-state index contributed by atoms with van der Waals surface area (Å²) in [6, 6.07) is 1.81. The zero-order valence-electron chi connectivity index (χ0n) is 16.9. The summed E-state index contributed by atoms with van der Waals surface area (Å²) in [5.41, 5.74) is 0.389. The summed E-state index contributed by atoms with van der Waals surface area (Å²) in [6.45, 7) is 7.71. The normalized spacial score (nSPS) is 29.0. The number of carbonyl (C=O) groups is 1. The molecule has 1 saturated carbocycles. The molecule has 0 bridgehead atoms. The fourth-order valence-electron chi connectivity index (χ4n) is 6.07. The zero-order chi connectivity index (χ0) is 19.1. The molecular weight excluding hydrogens is 356 g/mol. The van der Waals surface area contributed by atoms with Crippen LogP contribution >= 0.6 is 0 Å². The van der Waals surface area contributed by atoms with Crippen molar-refractivity contribution in [2.45, 2.75) is 63.6 Å². The minimum atomic E-state index is -0.135. The maximum atomic E-state index is 11.8. The Kier molecular flexibility index (Phi) is 4.83. The highest BCUT2D eigenvalue weighted by Crippen LogP contribution is 2.51. The van der Waals surface area contributed by atoms with Crippen molar-refractivity contribution in [3.05, 3.63) is 18.4 Å². The van der Waals surface area contributed by atoms with E-state index in [0.29, 0.717) is 30.1 Å². The Balaban J connectivity index is 1.08. The molecule has 28 heavy (non-hydrogen) atoms. The van der Waals surface area contributed by atoms with Crippen LogP contribution in [0.3, 0.4) is 0 Å². The number of carbonyl (C=O) groups excluding carboxylic acids is 1. The van der Waals surface area contributed by atoms with Gasteiger partial charge in [-0.2, -0.15) is 0 Å². The van der Waals surface area contributed by atoms with Crippen LogP contribution in [0.5, 0.6) is 0 Å². The van der Waals surface area contributed by atoms with Crippen LogP contribution in [0, 0.1) is 5.41 Å². The topological polar surface area (TPSA) is 62.1 Å². The van der Waals surface area contributed by atoms with Gasteiger partial charge in [0.15, 0.2) is 6.39 Å². The van der Waals surface area contributed by atoms with E-state index < -0.39 is 0 Å². The van der Waals surface area contributed by atoms with Crippen LogP contribution in [0.25, 0.3) is 0 Å². The van der Waals surface area contributed by atoms with E-state index in [0.717, 1.165) is 18.8 Å². The van der Waals surface area contributed by atoms with Crippen LogP contribution in [0.15, 0.2) is 17.0 Å². The minimum Gasteiger partial charge on any atom is -0.450 e. The second kappa shape index (κ2) is 7.34. The molecule has 1 spiro atoms. The van der Waals surface area contributed by atoms with Gasteiger partial charge in [0.2, 0.25) is 0 Å². The van der Waals surface area contributed by atoms with Crippen molar-refractivity contribution in [2.24, 2.45) is 5.41 Å². The van der Waals surface area contributed by atoms with Crippen molar-refractivity contribution in [3.63, 3.8) is 0 Å². The molecule has 1 aromatic rings. The van der Waals surface area contributed by atoms with Crippen LogP contribution in [-0.4, -0.2) is 77.2 Å². The number of ether oxygens (including phenoxy) is 1. The molecule has 154 valence electrons. The Labute approximate surface area is 167 Å². The number of oxazole rings is 1. The first-order valence-corrected chi connectivity index (χ1v) is 11.0. The Bertz CT molecular complexity index is 672. The molecule has 3 aliphatic heterocycles. The molecule has 7 heteroatoms. The van der Waals surface area contributed by atoms with Crippen molar-refractivity contribution in [3.8, 4) is 0 Å². The summed E-state index contributed by atoms with van der Waals surface area (Å²) in [4.78, 5) is 23.1. The van der Waals surface area contributed by atoms with E-state index in [9.17, 15) is 4.79 Å². The number of hydrogen-bond acceptors (Lipinski definition) is 6. The number of aromatic nitrogens is 1. The summed E-state index contributed by atoms with van der Waals surface area (Å²) < 4.78 is 10.7. The smallest absolute Gasteiger partial charge is 0.409 e. The van der Waals surface area contributed by atoms with Crippen LogP contribution in [0.4, 0.5) is 4.79 Å². The molecule has 0 unspecified atom stereocenters. The van der Waals surface area contributed by atoms with Crippen molar-refractivity contribution >= 4 is 6.09 Å². The molecule has 0 radical (unpaired) electrons. The number of hydrogen-bond donors (Lipinski definition) is 0. The van der Waals surface area contributed by atoms with Gasteiger partial charge in [-0.25, -0.2) is 9.78 Å². The van der Waals surface area contributed by atoms with E-state index in [4.69, 9.17) is 9.15 Å². The van der Waals surface area contributed by atoms with Crippen LogP contribution in [0.2, 0.25) is 0 Å². The molecule has 1 atom stereocenters. The predicted octanol–water partition coefficient (Wildman–Crippen LogP) is 2.90. The summed E-state index contributed by atoms with van der Waals surface area (Å²) in [6.07, 6.45) is 10.8. The van der Waals surface area contributed by atoms with Gasteiger partial charge < -0.3 is 19.0 Å². The molecular formula is C21H32N4O3. The quantitative estimate of drug-likeness (QED) is 0.790. The fourth-order valence-corrected chi connectivity index (χ4v) is 6.07. The Morgan fingerprint density at radius 2 is 2.00 bits per heavy atom. The maximum Gasteiger partial charge on any atom is 0.409 e. The van der Waals surface area contributed by atoms with E-state index in [2.05, 4.69) is 14.8 Å². The van der Waals surface area contributed by atoms with Crippen molar-refractivity contribution in [1.29, 1.82) is 0 Å². The van der Waals surface area contributed by atoms with E-state index in [1.54, 1.807) is 6.39 Å². The van der Waals surface area contributed by atoms with Gasteiger partial charge in [-0.05, 0) is 65.1 Å². The molecule has 1 aromatic heterocycles. The SMILES string of the molecule is CCOC(=O)N1CC2(CC(N3CCC(N4CCC[C@@H]4c4cnco4)CC3)C2)C1. The molecule has 1 aliphatic carbocycles. The predicted molar refractivity (Wildman–Crippen MR) is 104 cm³/mol. The fraction of sp³-hybridized carbons (Fsp3) is 0.810. The van der Waals surface area contributed by atoms with E-state index in [1.165, 1.54) is 58.2 Å². The van der Waals surface area contributed by atoms with Gasteiger partial charge in [-0.15, -0.1) is 0 Å². The van der Waals surface area contributed by atoms with E-state index >= 15 is 0 Å². The van der Waals surface area contributed by atoms with Gasteiger partial charge in [-0.1, -0.05) is 0 Å². The highest BCUT2D eigenvalue weighted by Gasteiger charge is 2.55. The average molecular weight is 389 g/mol. The minimum absolute atomic E-state index is 0.135. The number of nitrogens with zero attached hydrogens (tertiary/aromatic N) is 4. The number of likely N-dealkylation sites (tertiary alicyclic amines) is 3. The molecule has 4 aliphatic rings. The Morgan fingerprint density at radius 3 is 2.68 bits per heavy atom. The third-order valence-electron chi connectivity index (χ3n) is 7.47. The first-order chi connectivity index (χ1) is 13.7. The molecule has 5 rings (SSSR count). The summed E-state index contributed by atoms with van der Waals surface area (Å²) in [5, 5.41) is 0. The lowest BCUT2D eigenvalue weighted by atomic mass is 9.60. The third kappa shape index (κ3) is 3.22. The molecule has 4 fully saturated rings. The number of amides is 1. The Hall–Kier alpha value is -1.60. The lowest BCUT2D eigenvalue weighted by Crippen LogP contribution is -2.68. The van der Waals surface area contributed by atoms with Crippen molar-refractivity contribution in [2.75, 3.05) is 39.3 Å². The average Bonchev–Trinajstić information content (AvgIpc) is 3.31. The van der Waals surface area contributed by atoms with Crippen LogP contribution < -0.4 is 0 Å². The van der Waals surface area contributed by atoms with E-state index in [1.807, 2.05) is 18.0 Å². The largest absolute Gasteiger partial charge is 0.450 e. The maximum absolute atomic E-state index is 11.8. The van der Waals surface area contributed by atoms with Crippen molar-refractivity contribution < 1.29 is 13.9 Å². The molecule has 4 heterocycles. The van der Waals surface area contributed by atoms with Gasteiger partial charge in [0.05, 0.1) is 18.8 Å². The van der Waals surface area contributed by atoms with Gasteiger partial charge in [0.25, 0.3) is 0 Å². The van der Waals surface area contributed by atoms with Gasteiger partial charge in [0.1, 0.15) is 5.76 Å². The molecule has 1 amide bonds. The first-order valence-electron chi connectivity index (χ1n) is 11.0. The van der Waals surface area contributed by atoms with E-state index in [-0.39, 0.29) is 6.09 Å². The third-order valence-corrected chi connectivity index (χ3v) is 7.47. The molecule has 0 N–H and O–H groups in total. The van der Waals surface area contributed by atoms with Gasteiger partial charge in [0, 0.05) is 30.6 Å². The van der Waals surface area contributed by atoms with Crippen LogP contribution in [0.1, 0.15) is 57.3 Å². The number of piperidine rings is 1. The first kappa shape index (κ1) is 18.4. The standard InChI is InChI=1S/C21H32N4O3/c1-2-27-20(26)24-13-21(14-24)10-17(11-21)23-8-5-16(6-9-23)25-7-3-4-18(25)19-12-22-15-28-19/h12,15-18H,2-11,13-14H2,1H3/t18-/m1/s1. The Morgan fingerprint density at radius 1 is 1.21 bits per heavy atom. The van der Waals surface area contributed by atoms with Gasteiger partial charge >= 0.3 is 6.09 Å². The van der Waals surface area contributed by atoms with Crippen LogP contribution in [-0.2, 0) is 4.74 Å². The lowest BCUT2D eigenvalue weighted by molar-refractivity contribution is -0.105. The second-order valence-electron chi connectivity index (χ2n) is 9.18. The highest BCUT2D eigenvalue weighted by molar-refractivity contribution is 5.69. The summed E-state index contributed by atoms with van der Waals surface area (Å²) in [5.74, 6) is 1.04. The molecule has 3 saturated heterocycles. The monoisotopic (exact) mass is 388 g/mol. The highest BCUT2D eigenvalue weighted by atomic mass is 16.6.